The van der Waals surface area contributed by atoms with Gasteiger partial charge in [0.15, 0.2) is 6.10 Å². The quantitative estimate of drug-likeness (QED) is 0.0261. The van der Waals surface area contributed by atoms with Crippen LogP contribution in [0.1, 0.15) is 393 Å². The fourth-order valence-electron chi connectivity index (χ4n) is 10.9. The van der Waals surface area contributed by atoms with Crippen molar-refractivity contribution in [3.63, 3.8) is 0 Å². The molecule has 0 aliphatic rings. The van der Waals surface area contributed by atoms with E-state index in [4.69, 9.17) is 14.2 Å². The summed E-state index contributed by atoms with van der Waals surface area (Å²) in [5.41, 5.74) is 0. The second-order valence-electron chi connectivity index (χ2n) is 24.1. The molecule has 6 heteroatoms. The lowest BCUT2D eigenvalue weighted by atomic mass is 10.0. The van der Waals surface area contributed by atoms with Crippen LogP contribution in [0.5, 0.6) is 0 Å². The van der Waals surface area contributed by atoms with Crippen molar-refractivity contribution in [1.82, 2.24) is 0 Å². The molecule has 0 aromatic rings. The van der Waals surface area contributed by atoms with Gasteiger partial charge in [-0.05, 0) is 51.4 Å². The minimum atomic E-state index is -0.774. The molecule has 79 heavy (non-hydrogen) atoms. The van der Waals surface area contributed by atoms with E-state index in [1.165, 1.54) is 270 Å². The highest BCUT2D eigenvalue weighted by molar-refractivity contribution is 5.71. The maximum absolute atomic E-state index is 13.0. The van der Waals surface area contributed by atoms with E-state index in [0.717, 1.165) is 83.5 Å². The van der Waals surface area contributed by atoms with E-state index in [2.05, 4.69) is 57.2 Å². The summed E-state index contributed by atoms with van der Waals surface area (Å²) in [7, 11) is 0. The van der Waals surface area contributed by atoms with Gasteiger partial charge in [0, 0.05) is 19.3 Å². The van der Waals surface area contributed by atoms with Gasteiger partial charge < -0.3 is 14.2 Å². The highest BCUT2D eigenvalue weighted by atomic mass is 16.6. The lowest BCUT2D eigenvalue weighted by Gasteiger charge is -2.18. The Hall–Kier alpha value is -2.37. The monoisotopic (exact) mass is 1110 g/mol. The molecule has 0 radical (unpaired) electrons. The summed E-state index contributed by atoms with van der Waals surface area (Å²) < 4.78 is 17.0. The van der Waals surface area contributed by atoms with Crippen LogP contribution in [0.3, 0.4) is 0 Å². The molecule has 0 spiro atoms. The van der Waals surface area contributed by atoms with Crippen molar-refractivity contribution in [3.8, 4) is 0 Å². The molecule has 0 aliphatic heterocycles. The fourth-order valence-corrected chi connectivity index (χ4v) is 10.9. The molecule has 0 aliphatic carbocycles. The summed E-state index contributed by atoms with van der Waals surface area (Å²) in [6.45, 7) is 6.61. The lowest BCUT2D eigenvalue weighted by Crippen LogP contribution is -2.30. The van der Waals surface area contributed by atoms with Gasteiger partial charge in [-0.3, -0.25) is 14.4 Å². The molecule has 0 N–H and O–H groups in total. The Labute approximate surface area is 493 Å². The Balaban J connectivity index is 4.29. The van der Waals surface area contributed by atoms with Gasteiger partial charge in [0.05, 0.1) is 0 Å². The first kappa shape index (κ1) is 76.6. The van der Waals surface area contributed by atoms with Crippen molar-refractivity contribution in [2.75, 3.05) is 13.2 Å². The van der Waals surface area contributed by atoms with Crippen LogP contribution >= 0.6 is 0 Å². The van der Waals surface area contributed by atoms with Crippen molar-refractivity contribution >= 4 is 17.9 Å². The van der Waals surface area contributed by atoms with E-state index in [1.807, 2.05) is 0 Å². The van der Waals surface area contributed by atoms with E-state index >= 15 is 0 Å². The predicted octanol–water partition coefficient (Wildman–Crippen LogP) is 24.3. The smallest absolute Gasteiger partial charge is 0.306 e. The van der Waals surface area contributed by atoms with Crippen molar-refractivity contribution < 1.29 is 28.6 Å². The Bertz CT molecular complexity index is 1320. The van der Waals surface area contributed by atoms with Gasteiger partial charge in [-0.15, -0.1) is 0 Å². The van der Waals surface area contributed by atoms with E-state index in [1.54, 1.807) is 0 Å². The first-order valence-electron chi connectivity index (χ1n) is 35.5. The van der Waals surface area contributed by atoms with Crippen LogP contribution in [0.2, 0.25) is 0 Å². The van der Waals surface area contributed by atoms with Crippen LogP contribution in [0, 0.1) is 0 Å². The summed E-state index contributed by atoms with van der Waals surface area (Å²) >= 11 is 0. The fraction of sp³-hybridized carbons (Fsp3) is 0.877. The molecule has 1 atom stereocenters. The van der Waals surface area contributed by atoms with Gasteiger partial charge in [0.1, 0.15) is 13.2 Å². The number of rotatable bonds is 66. The molecular formula is C73H136O6. The largest absolute Gasteiger partial charge is 0.462 e. The molecule has 0 fully saturated rings. The van der Waals surface area contributed by atoms with Crippen LogP contribution in [0.4, 0.5) is 0 Å². The van der Waals surface area contributed by atoms with Crippen LogP contribution < -0.4 is 0 Å². The molecule has 0 saturated heterocycles. The van der Waals surface area contributed by atoms with Gasteiger partial charge in [0.2, 0.25) is 0 Å². The highest BCUT2D eigenvalue weighted by Crippen LogP contribution is 2.19. The molecule has 0 aromatic carbocycles. The molecule has 0 saturated carbocycles. The van der Waals surface area contributed by atoms with E-state index in [0.29, 0.717) is 19.3 Å². The lowest BCUT2D eigenvalue weighted by molar-refractivity contribution is -0.167. The summed E-state index contributed by atoms with van der Waals surface area (Å²) in [5, 5.41) is 0. The SMILES string of the molecule is CC/C=C\C/C=C\C/C=C\CCCCCCCCCC(=O)OCC(COC(=O)CCCCCCCCCCCCCCCCCCCCCCCCC)OC(=O)CCCCCCCCCCCCCCCCCCCCCCC. The molecule has 0 rings (SSSR count). The van der Waals surface area contributed by atoms with Gasteiger partial charge in [-0.25, -0.2) is 0 Å². The average Bonchev–Trinajstić information content (AvgIpc) is 3.45. The molecule has 464 valence electrons. The third-order valence-corrected chi connectivity index (χ3v) is 16.2. The van der Waals surface area contributed by atoms with Crippen LogP contribution in [-0.4, -0.2) is 37.2 Å². The zero-order chi connectivity index (χ0) is 57.1. The van der Waals surface area contributed by atoms with E-state index < -0.39 is 6.10 Å². The number of esters is 3. The number of hydrogen-bond donors (Lipinski definition) is 0. The second kappa shape index (κ2) is 68.1. The van der Waals surface area contributed by atoms with Crippen LogP contribution in [0.15, 0.2) is 36.5 Å². The molecule has 0 bridgehead atoms. The number of carbonyl (C=O) groups excluding carboxylic acids is 3. The Morgan fingerprint density at radius 2 is 0.494 bits per heavy atom. The minimum absolute atomic E-state index is 0.0691. The maximum atomic E-state index is 13.0. The summed E-state index contributed by atoms with van der Waals surface area (Å²) in [4.78, 5) is 38.5. The third kappa shape index (κ3) is 66.3. The summed E-state index contributed by atoms with van der Waals surface area (Å²) in [6, 6.07) is 0. The van der Waals surface area contributed by atoms with Crippen molar-refractivity contribution in [2.24, 2.45) is 0 Å². The zero-order valence-corrected chi connectivity index (χ0v) is 53.4. The Morgan fingerprint density at radius 1 is 0.266 bits per heavy atom. The molecular weight excluding hydrogens is 973 g/mol. The zero-order valence-electron chi connectivity index (χ0n) is 53.4. The normalized spacial score (nSPS) is 12.2. The molecule has 0 aromatic heterocycles. The standard InChI is InChI=1S/C73H136O6/c1-4-7-10-13-16-19-22-25-28-31-33-35-36-38-39-42-45-48-51-54-57-60-63-66-72(75)78-69-70(68-77-71(74)65-62-59-56-53-50-47-44-41-30-27-24-21-18-15-12-9-6-3)79-73(76)67-64-61-58-55-52-49-46-43-40-37-34-32-29-26-23-20-17-14-11-8-5-2/h9,12,18,21,27,30,70H,4-8,10-11,13-17,19-20,22-26,28-29,31-69H2,1-3H3/b12-9-,21-18-,30-27-. The second-order valence-corrected chi connectivity index (χ2v) is 24.1. The minimum Gasteiger partial charge on any atom is -0.462 e. The number of ether oxygens (including phenoxy) is 3. The maximum Gasteiger partial charge on any atom is 0.306 e. The van der Waals surface area contributed by atoms with Crippen molar-refractivity contribution in [3.05, 3.63) is 36.5 Å². The highest BCUT2D eigenvalue weighted by Gasteiger charge is 2.19. The van der Waals surface area contributed by atoms with E-state index in [9.17, 15) is 14.4 Å². The van der Waals surface area contributed by atoms with Crippen molar-refractivity contribution in [2.45, 2.75) is 399 Å². The first-order chi connectivity index (χ1) is 39.0. The number of carbonyl (C=O) groups is 3. The van der Waals surface area contributed by atoms with E-state index in [-0.39, 0.29) is 31.1 Å². The number of unbranched alkanes of at least 4 members (excludes halogenated alkanes) is 49. The Morgan fingerprint density at radius 3 is 0.772 bits per heavy atom. The first-order valence-corrected chi connectivity index (χ1v) is 35.5. The number of allylic oxidation sites excluding steroid dienone is 6. The topological polar surface area (TPSA) is 78.9 Å². The van der Waals surface area contributed by atoms with Gasteiger partial charge in [-0.2, -0.15) is 0 Å². The van der Waals surface area contributed by atoms with Gasteiger partial charge in [-0.1, -0.05) is 359 Å². The molecule has 1 unspecified atom stereocenters. The van der Waals surface area contributed by atoms with Crippen molar-refractivity contribution in [1.29, 1.82) is 0 Å². The summed E-state index contributed by atoms with van der Waals surface area (Å²) in [6.07, 6.45) is 84.6. The van der Waals surface area contributed by atoms with Gasteiger partial charge in [0.25, 0.3) is 0 Å². The average molecular weight is 1110 g/mol. The number of hydrogen-bond acceptors (Lipinski definition) is 6. The van der Waals surface area contributed by atoms with Crippen LogP contribution in [-0.2, 0) is 28.6 Å². The molecule has 6 nitrogen and oxygen atoms in total. The predicted molar refractivity (Wildman–Crippen MR) is 344 cm³/mol. The van der Waals surface area contributed by atoms with Gasteiger partial charge >= 0.3 is 17.9 Å². The molecule has 0 amide bonds. The Kier molecular flexibility index (Phi) is 66.1. The summed E-state index contributed by atoms with van der Waals surface area (Å²) in [5.74, 6) is -0.847. The third-order valence-electron chi connectivity index (χ3n) is 16.2. The van der Waals surface area contributed by atoms with Crippen LogP contribution in [0.25, 0.3) is 0 Å². The molecule has 0 heterocycles.